The Morgan fingerprint density at radius 1 is 1.21 bits per heavy atom. The molecule has 0 amide bonds. The number of nitrogens with zero attached hydrogens (tertiary/aromatic N) is 1. The molecule has 19 heavy (non-hydrogen) atoms. The fourth-order valence-electron chi connectivity index (χ4n) is 1.98. The van der Waals surface area contributed by atoms with E-state index in [0.717, 1.165) is 25.1 Å². The standard InChI is InChI=1S/C16H22N2O/c1-2-15(17)12-14-8-9-18(13-14)10-11-19-16-6-4-3-5-7-16/h3-9,13,15H,2,10-12,17H2,1H3. The zero-order valence-corrected chi connectivity index (χ0v) is 11.5. The van der Waals surface area contributed by atoms with Crippen LogP contribution in [0.25, 0.3) is 0 Å². The highest BCUT2D eigenvalue weighted by Gasteiger charge is 2.03. The molecule has 0 fully saturated rings. The normalized spacial score (nSPS) is 12.3. The number of nitrogens with two attached hydrogens (primary N) is 1. The van der Waals surface area contributed by atoms with Crippen molar-refractivity contribution in [3.63, 3.8) is 0 Å². The van der Waals surface area contributed by atoms with E-state index < -0.39 is 0 Å². The monoisotopic (exact) mass is 258 g/mol. The highest BCUT2D eigenvalue weighted by atomic mass is 16.5. The van der Waals surface area contributed by atoms with Crippen molar-refractivity contribution >= 4 is 0 Å². The smallest absolute Gasteiger partial charge is 0.119 e. The summed E-state index contributed by atoms with van der Waals surface area (Å²) in [5.41, 5.74) is 7.26. The first-order valence-electron chi connectivity index (χ1n) is 6.86. The van der Waals surface area contributed by atoms with Crippen molar-refractivity contribution in [1.82, 2.24) is 4.57 Å². The molecule has 0 aliphatic heterocycles. The first-order valence-corrected chi connectivity index (χ1v) is 6.86. The molecule has 3 heteroatoms. The molecule has 1 aromatic carbocycles. The van der Waals surface area contributed by atoms with Gasteiger partial charge in [0.05, 0.1) is 6.54 Å². The van der Waals surface area contributed by atoms with Gasteiger partial charge < -0.3 is 15.0 Å². The third kappa shape index (κ3) is 4.45. The maximum atomic E-state index is 5.96. The number of hydrogen-bond acceptors (Lipinski definition) is 2. The number of rotatable bonds is 7. The predicted molar refractivity (Wildman–Crippen MR) is 78.3 cm³/mol. The fourth-order valence-corrected chi connectivity index (χ4v) is 1.98. The van der Waals surface area contributed by atoms with Crippen molar-refractivity contribution in [3.8, 4) is 5.75 Å². The van der Waals surface area contributed by atoms with Gasteiger partial charge in [0, 0.05) is 18.4 Å². The van der Waals surface area contributed by atoms with Crippen LogP contribution in [-0.4, -0.2) is 17.2 Å². The summed E-state index contributed by atoms with van der Waals surface area (Å²) in [6.45, 7) is 3.66. The molecule has 0 aliphatic carbocycles. The largest absolute Gasteiger partial charge is 0.492 e. The summed E-state index contributed by atoms with van der Waals surface area (Å²) in [6, 6.07) is 12.3. The lowest BCUT2D eigenvalue weighted by atomic mass is 10.1. The van der Waals surface area contributed by atoms with E-state index >= 15 is 0 Å². The van der Waals surface area contributed by atoms with Crippen molar-refractivity contribution in [1.29, 1.82) is 0 Å². The average Bonchev–Trinajstić information content (AvgIpc) is 2.87. The Hall–Kier alpha value is -1.74. The van der Waals surface area contributed by atoms with Crippen LogP contribution >= 0.6 is 0 Å². The maximum Gasteiger partial charge on any atom is 0.119 e. The van der Waals surface area contributed by atoms with Crippen LogP contribution in [0.15, 0.2) is 48.8 Å². The number of aromatic nitrogens is 1. The van der Waals surface area contributed by atoms with E-state index in [9.17, 15) is 0 Å². The van der Waals surface area contributed by atoms with Gasteiger partial charge in [-0.1, -0.05) is 25.1 Å². The molecule has 102 valence electrons. The lowest BCUT2D eigenvalue weighted by Gasteiger charge is -2.07. The Morgan fingerprint density at radius 3 is 2.74 bits per heavy atom. The average molecular weight is 258 g/mol. The van der Waals surface area contributed by atoms with Gasteiger partial charge in [-0.3, -0.25) is 0 Å². The van der Waals surface area contributed by atoms with E-state index in [0.29, 0.717) is 6.61 Å². The van der Waals surface area contributed by atoms with Crippen molar-refractivity contribution in [2.75, 3.05) is 6.61 Å². The minimum atomic E-state index is 0.261. The second kappa shape index (κ2) is 7.00. The summed E-state index contributed by atoms with van der Waals surface area (Å²) in [5, 5.41) is 0. The lowest BCUT2D eigenvalue weighted by Crippen LogP contribution is -2.21. The molecule has 0 radical (unpaired) electrons. The molecule has 0 saturated carbocycles. The van der Waals surface area contributed by atoms with Crippen LogP contribution < -0.4 is 10.5 Å². The minimum Gasteiger partial charge on any atom is -0.492 e. The molecular weight excluding hydrogens is 236 g/mol. The second-order valence-corrected chi connectivity index (χ2v) is 4.79. The maximum absolute atomic E-state index is 5.96. The number of benzene rings is 1. The summed E-state index contributed by atoms with van der Waals surface area (Å²) < 4.78 is 7.83. The summed E-state index contributed by atoms with van der Waals surface area (Å²) in [5.74, 6) is 0.919. The van der Waals surface area contributed by atoms with Gasteiger partial charge in [0.1, 0.15) is 12.4 Å². The van der Waals surface area contributed by atoms with Crippen LogP contribution in [0.5, 0.6) is 5.75 Å². The SMILES string of the molecule is CCC(N)Cc1ccn(CCOc2ccccc2)c1. The van der Waals surface area contributed by atoms with Crippen LogP contribution in [-0.2, 0) is 13.0 Å². The Balaban J connectivity index is 1.77. The lowest BCUT2D eigenvalue weighted by molar-refractivity contribution is 0.298. The van der Waals surface area contributed by atoms with E-state index in [1.807, 2.05) is 30.3 Å². The Kier molecular flexibility index (Phi) is 5.04. The summed E-state index contributed by atoms with van der Waals surface area (Å²) >= 11 is 0. The van der Waals surface area contributed by atoms with E-state index in [1.54, 1.807) is 0 Å². The van der Waals surface area contributed by atoms with E-state index in [4.69, 9.17) is 10.5 Å². The van der Waals surface area contributed by atoms with Crippen LogP contribution in [0, 0.1) is 0 Å². The minimum absolute atomic E-state index is 0.261. The molecule has 1 unspecified atom stereocenters. The molecule has 2 N–H and O–H groups in total. The molecule has 0 saturated heterocycles. The third-order valence-electron chi connectivity index (χ3n) is 3.20. The molecule has 0 bridgehead atoms. The fraction of sp³-hybridized carbons (Fsp3) is 0.375. The van der Waals surface area contributed by atoms with Crippen LogP contribution in [0.4, 0.5) is 0 Å². The summed E-state index contributed by atoms with van der Waals surface area (Å²) in [4.78, 5) is 0. The van der Waals surface area contributed by atoms with E-state index in [2.05, 4.69) is 30.0 Å². The van der Waals surface area contributed by atoms with Crippen molar-refractivity contribution in [3.05, 3.63) is 54.4 Å². The molecule has 2 aromatic rings. The van der Waals surface area contributed by atoms with Crippen LogP contribution in [0.3, 0.4) is 0 Å². The van der Waals surface area contributed by atoms with E-state index in [-0.39, 0.29) is 6.04 Å². The molecule has 1 aromatic heterocycles. The molecule has 2 rings (SSSR count). The third-order valence-corrected chi connectivity index (χ3v) is 3.20. The van der Waals surface area contributed by atoms with Gasteiger partial charge in [0.2, 0.25) is 0 Å². The zero-order valence-electron chi connectivity index (χ0n) is 11.5. The van der Waals surface area contributed by atoms with Gasteiger partial charge in [-0.05, 0) is 36.6 Å². The van der Waals surface area contributed by atoms with Crippen molar-refractivity contribution < 1.29 is 4.74 Å². The van der Waals surface area contributed by atoms with Gasteiger partial charge in [-0.15, -0.1) is 0 Å². The zero-order chi connectivity index (χ0) is 13.5. The van der Waals surface area contributed by atoms with Gasteiger partial charge in [-0.25, -0.2) is 0 Å². The first kappa shape index (κ1) is 13.7. The Bertz CT molecular complexity index is 479. The Labute approximate surface area is 115 Å². The van der Waals surface area contributed by atoms with E-state index in [1.165, 1.54) is 5.56 Å². The molecular formula is C16H22N2O. The summed E-state index contributed by atoms with van der Waals surface area (Å²) in [7, 11) is 0. The number of hydrogen-bond donors (Lipinski definition) is 1. The topological polar surface area (TPSA) is 40.2 Å². The molecule has 0 aliphatic rings. The highest BCUT2D eigenvalue weighted by Crippen LogP contribution is 2.09. The van der Waals surface area contributed by atoms with Crippen molar-refractivity contribution in [2.45, 2.75) is 32.4 Å². The highest BCUT2D eigenvalue weighted by molar-refractivity contribution is 5.20. The molecule has 3 nitrogen and oxygen atoms in total. The van der Waals surface area contributed by atoms with Gasteiger partial charge in [0.15, 0.2) is 0 Å². The molecule has 1 heterocycles. The molecule has 1 atom stereocenters. The quantitative estimate of drug-likeness (QED) is 0.829. The predicted octanol–water partition coefficient (Wildman–Crippen LogP) is 2.85. The van der Waals surface area contributed by atoms with Crippen LogP contribution in [0.1, 0.15) is 18.9 Å². The van der Waals surface area contributed by atoms with Gasteiger partial charge >= 0.3 is 0 Å². The van der Waals surface area contributed by atoms with Crippen LogP contribution in [0.2, 0.25) is 0 Å². The number of ether oxygens (including phenoxy) is 1. The molecule has 0 spiro atoms. The number of para-hydroxylation sites is 1. The Morgan fingerprint density at radius 2 is 2.00 bits per heavy atom. The van der Waals surface area contributed by atoms with Gasteiger partial charge in [0.25, 0.3) is 0 Å². The first-order chi connectivity index (χ1) is 9.28. The summed E-state index contributed by atoms with van der Waals surface area (Å²) in [6.07, 6.45) is 6.21. The second-order valence-electron chi connectivity index (χ2n) is 4.79. The van der Waals surface area contributed by atoms with Crippen molar-refractivity contribution in [2.24, 2.45) is 5.73 Å². The van der Waals surface area contributed by atoms with Gasteiger partial charge in [-0.2, -0.15) is 0 Å².